The first-order valence-electron chi connectivity index (χ1n) is 6.24. The SMILES string of the molecule is O=C1C(=O)N(Cc2cn(CCF)nn2)c2ccc(S)cc21. The summed E-state index contributed by atoms with van der Waals surface area (Å²) < 4.78 is 13.6. The molecule has 0 atom stereocenters. The van der Waals surface area contributed by atoms with Gasteiger partial charge in [-0.15, -0.1) is 17.7 Å². The molecule has 3 rings (SSSR count). The summed E-state index contributed by atoms with van der Waals surface area (Å²) in [5.41, 5.74) is 1.36. The standard InChI is InChI=1S/C13H11FN4O2S/c14-3-4-17-6-8(15-16-17)7-18-11-2-1-9(21)5-10(11)12(19)13(18)20/h1-2,5-6,21H,3-4,7H2. The van der Waals surface area contributed by atoms with Gasteiger partial charge in [0.15, 0.2) is 0 Å². The van der Waals surface area contributed by atoms with E-state index in [1.54, 1.807) is 24.4 Å². The fourth-order valence-corrected chi connectivity index (χ4v) is 2.42. The molecule has 1 aromatic carbocycles. The fraction of sp³-hybridized carbons (Fsp3) is 0.231. The number of halogens is 1. The molecule has 0 saturated heterocycles. The Labute approximate surface area is 125 Å². The second-order valence-corrected chi connectivity index (χ2v) is 5.10. The molecule has 1 aromatic heterocycles. The number of ketones is 1. The van der Waals surface area contributed by atoms with Gasteiger partial charge >= 0.3 is 0 Å². The van der Waals surface area contributed by atoms with Crippen molar-refractivity contribution in [3.05, 3.63) is 35.7 Å². The lowest BCUT2D eigenvalue weighted by Crippen LogP contribution is -2.29. The second-order valence-electron chi connectivity index (χ2n) is 4.58. The van der Waals surface area contributed by atoms with Gasteiger partial charge in [-0.25, -0.2) is 9.07 Å². The topological polar surface area (TPSA) is 68.1 Å². The molecule has 1 amide bonds. The zero-order valence-electron chi connectivity index (χ0n) is 10.9. The summed E-state index contributed by atoms with van der Waals surface area (Å²) in [7, 11) is 0. The first kappa shape index (κ1) is 13.7. The van der Waals surface area contributed by atoms with Crippen molar-refractivity contribution in [1.29, 1.82) is 0 Å². The summed E-state index contributed by atoms with van der Waals surface area (Å²) in [6.07, 6.45) is 1.56. The number of hydrogen-bond donors (Lipinski definition) is 1. The highest BCUT2D eigenvalue weighted by Crippen LogP contribution is 2.31. The Morgan fingerprint density at radius 2 is 2.10 bits per heavy atom. The monoisotopic (exact) mass is 306 g/mol. The lowest BCUT2D eigenvalue weighted by molar-refractivity contribution is -0.114. The Bertz CT molecular complexity index is 731. The molecular formula is C13H11FN4O2S. The molecule has 108 valence electrons. The molecule has 0 spiro atoms. The minimum Gasteiger partial charge on any atom is -0.299 e. The van der Waals surface area contributed by atoms with Crippen LogP contribution in [0, 0.1) is 0 Å². The van der Waals surface area contributed by atoms with E-state index >= 15 is 0 Å². The highest BCUT2D eigenvalue weighted by molar-refractivity contribution is 7.80. The molecule has 21 heavy (non-hydrogen) atoms. The van der Waals surface area contributed by atoms with Crippen molar-refractivity contribution in [3.8, 4) is 0 Å². The number of hydrogen-bond acceptors (Lipinski definition) is 5. The van der Waals surface area contributed by atoms with Crippen LogP contribution in [0.15, 0.2) is 29.3 Å². The van der Waals surface area contributed by atoms with Crippen LogP contribution in [0.5, 0.6) is 0 Å². The van der Waals surface area contributed by atoms with Crippen LogP contribution in [-0.2, 0) is 17.9 Å². The lowest BCUT2D eigenvalue weighted by atomic mass is 10.1. The maximum Gasteiger partial charge on any atom is 0.299 e. The van der Waals surface area contributed by atoms with E-state index in [0.717, 1.165) is 0 Å². The quantitative estimate of drug-likeness (QED) is 0.682. The van der Waals surface area contributed by atoms with E-state index in [9.17, 15) is 14.0 Å². The Morgan fingerprint density at radius 3 is 2.86 bits per heavy atom. The zero-order chi connectivity index (χ0) is 15.0. The Balaban J connectivity index is 1.89. The first-order chi connectivity index (χ1) is 10.1. The van der Waals surface area contributed by atoms with Gasteiger partial charge in [0.05, 0.1) is 30.5 Å². The minimum atomic E-state index is -0.607. The van der Waals surface area contributed by atoms with E-state index < -0.39 is 18.4 Å². The number of thiol groups is 1. The van der Waals surface area contributed by atoms with Gasteiger partial charge in [0.1, 0.15) is 12.4 Å². The van der Waals surface area contributed by atoms with Crippen LogP contribution in [-0.4, -0.2) is 33.4 Å². The lowest BCUT2D eigenvalue weighted by Gasteiger charge is -2.14. The first-order valence-corrected chi connectivity index (χ1v) is 6.69. The van der Waals surface area contributed by atoms with Gasteiger partial charge in [0.25, 0.3) is 11.7 Å². The van der Waals surface area contributed by atoms with E-state index in [-0.39, 0.29) is 13.1 Å². The van der Waals surface area contributed by atoms with Crippen LogP contribution in [0.25, 0.3) is 0 Å². The van der Waals surface area contributed by atoms with Crippen molar-refractivity contribution >= 4 is 30.0 Å². The van der Waals surface area contributed by atoms with Crippen molar-refractivity contribution in [2.24, 2.45) is 0 Å². The number of anilines is 1. The number of rotatable bonds is 4. The van der Waals surface area contributed by atoms with Gasteiger partial charge in [0, 0.05) is 4.90 Å². The number of amides is 1. The summed E-state index contributed by atoms with van der Waals surface area (Å²) in [5, 5.41) is 7.63. The van der Waals surface area contributed by atoms with E-state index in [1.807, 2.05) is 0 Å². The number of carbonyl (C=O) groups is 2. The number of fused-ring (bicyclic) bond motifs is 1. The predicted octanol–water partition coefficient (Wildman–Crippen LogP) is 1.27. The van der Waals surface area contributed by atoms with Crippen molar-refractivity contribution in [2.45, 2.75) is 18.0 Å². The number of Topliss-reactive ketones (excluding diaryl/α,β-unsaturated/α-hetero) is 1. The number of aromatic nitrogens is 3. The second kappa shape index (κ2) is 5.28. The Hall–Kier alpha value is -2.22. The van der Waals surface area contributed by atoms with Crippen molar-refractivity contribution in [1.82, 2.24) is 15.0 Å². The van der Waals surface area contributed by atoms with Gasteiger partial charge in [-0.1, -0.05) is 5.21 Å². The summed E-state index contributed by atoms with van der Waals surface area (Å²) in [6, 6.07) is 4.95. The number of benzene rings is 1. The molecule has 0 radical (unpaired) electrons. The van der Waals surface area contributed by atoms with Crippen molar-refractivity contribution in [2.75, 3.05) is 11.6 Å². The molecule has 2 heterocycles. The summed E-state index contributed by atoms with van der Waals surface area (Å²) in [4.78, 5) is 25.9. The van der Waals surface area contributed by atoms with Gasteiger partial charge in [-0.3, -0.25) is 14.5 Å². The third-order valence-electron chi connectivity index (χ3n) is 3.17. The van der Waals surface area contributed by atoms with Crippen molar-refractivity contribution < 1.29 is 14.0 Å². The highest BCUT2D eigenvalue weighted by atomic mass is 32.1. The van der Waals surface area contributed by atoms with E-state index in [0.29, 0.717) is 21.8 Å². The van der Waals surface area contributed by atoms with Crippen LogP contribution < -0.4 is 4.90 Å². The molecule has 1 aliphatic rings. The third-order valence-corrected chi connectivity index (χ3v) is 3.45. The highest BCUT2D eigenvalue weighted by Gasteiger charge is 2.36. The predicted molar refractivity (Wildman–Crippen MR) is 75.2 cm³/mol. The maximum atomic E-state index is 12.2. The van der Waals surface area contributed by atoms with Gasteiger partial charge in [-0.05, 0) is 18.2 Å². The van der Waals surface area contributed by atoms with Crippen LogP contribution >= 0.6 is 12.6 Å². The molecule has 0 bridgehead atoms. The molecule has 0 unspecified atom stereocenters. The van der Waals surface area contributed by atoms with Gasteiger partial charge in [-0.2, -0.15) is 0 Å². The van der Waals surface area contributed by atoms with Crippen LogP contribution in [0.3, 0.4) is 0 Å². The van der Waals surface area contributed by atoms with Gasteiger partial charge in [0.2, 0.25) is 0 Å². The molecule has 1 aliphatic heterocycles. The van der Waals surface area contributed by atoms with E-state index in [1.165, 1.54) is 9.58 Å². The Kier molecular flexibility index (Phi) is 3.46. The Morgan fingerprint density at radius 1 is 1.29 bits per heavy atom. The number of nitrogens with zero attached hydrogens (tertiary/aromatic N) is 4. The van der Waals surface area contributed by atoms with Crippen molar-refractivity contribution in [3.63, 3.8) is 0 Å². The fourth-order valence-electron chi connectivity index (χ4n) is 2.21. The molecule has 8 heteroatoms. The van der Waals surface area contributed by atoms with Gasteiger partial charge < -0.3 is 0 Å². The normalized spacial score (nSPS) is 13.9. The largest absolute Gasteiger partial charge is 0.299 e. The summed E-state index contributed by atoms with van der Waals surface area (Å²) in [5.74, 6) is -1.17. The zero-order valence-corrected chi connectivity index (χ0v) is 11.8. The molecule has 0 fully saturated rings. The minimum absolute atomic E-state index is 0.111. The molecule has 6 nitrogen and oxygen atoms in total. The molecule has 0 aliphatic carbocycles. The third kappa shape index (κ3) is 2.42. The van der Waals surface area contributed by atoms with E-state index in [2.05, 4.69) is 22.9 Å². The van der Waals surface area contributed by atoms with E-state index in [4.69, 9.17) is 0 Å². The van der Waals surface area contributed by atoms with Crippen LogP contribution in [0.1, 0.15) is 16.1 Å². The number of aryl methyl sites for hydroxylation is 1. The molecule has 0 N–H and O–H groups in total. The molecule has 2 aromatic rings. The molecular weight excluding hydrogens is 295 g/mol. The van der Waals surface area contributed by atoms with Crippen LogP contribution in [0.2, 0.25) is 0 Å². The number of carbonyl (C=O) groups excluding carboxylic acids is 2. The summed E-state index contributed by atoms with van der Waals surface area (Å²) in [6.45, 7) is -0.313. The molecule has 0 saturated carbocycles. The average Bonchev–Trinajstić information content (AvgIpc) is 2.99. The average molecular weight is 306 g/mol. The maximum absolute atomic E-state index is 12.2. The smallest absolute Gasteiger partial charge is 0.299 e. The van der Waals surface area contributed by atoms with Crippen LogP contribution in [0.4, 0.5) is 10.1 Å². The number of alkyl halides is 1. The summed E-state index contributed by atoms with van der Waals surface area (Å²) >= 11 is 4.17.